The van der Waals surface area contributed by atoms with Crippen LogP contribution in [0.2, 0.25) is 0 Å². The summed E-state index contributed by atoms with van der Waals surface area (Å²) in [6.45, 7) is 3.58. The third-order valence-electron chi connectivity index (χ3n) is 4.03. The van der Waals surface area contributed by atoms with Crippen molar-refractivity contribution in [3.63, 3.8) is 0 Å². The number of carbonyl (C=O) groups is 1. The van der Waals surface area contributed by atoms with Crippen LogP contribution in [0.15, 0.2) is 12.3 Å². The van der Waals surface area contributed by atoms with Gasteiger partial charge in [0.1, 0.15) is 11.6 Å². The number of nitrogens with one attached hydrogen (secondary N) is 1. The number of amides is 1. The van der Waals surface area contributed by atoms with Gasteiger partial charge >= 0.3 is 0 Å². The maximum absolute atomic E-state index is 13.5. The van der Waals surface area contributed by atoms with Gasteiger partial charge in [-0.05, 0) is 44.1 Å². The fourth-order valence-electron chi connectivity index (χ4n) is 2.50. The minimum atomic E-state index is -0.456. The van der Waals surface area contributed by atoms with Crippen molar-refractivity contribution in [2.24, 2.45) is 5.92 Å². The number of nitrogens with zero attached hydrogens (tertiary/aromatic N) is 2. The predicted octanol–water partition coefficient (Wildman–Crippen LogP) is 3.06. The number of rotatable bonds is 7. The Hall–Kier alpha value is -1.65. The first kappa shape index (κ1) is 14.3. The summed E-state index contributed by atoms with van der Waals surface area (Å²) in [4.78, 5) is 18.8. The summed E-state index contributed by atoms with van der Waals surface area (Å²) in [7, 11) is 0. The Morgan fingerprint density at radius 3 is 2.81 bits per heavy atom. The lowest BCUT2D eigenvalue weighted by molar-refractivity contribution is 0.0735. The Labute approximate surface area is 124 Å². The summed E-state index contributed by atoms with van der Waals surface area (Å²) in [5.74, 6) is 0.616. The van der Waals surface area contributed by atoms with Gasteiger partial charge < -0.3 is 10.2 Å². The van der Waals surface area contributed by atoms with Crippen LogP contribution in [0.3, 0.4) is 0 Å². The first-order chi connectivity index (χ1) is 10.2. The summed E-state index contributed by atoms with van der Waals surface area (Å²) in [5, 5.41) is 3.13. The fourth-order valence-corrected chi connectivity index (χ4v) is 2.50. The molecule has 2 saturated carbocycles. The molecule has 1 heterocycles. The number of hydrogen-bond acceptors (Lipinski definition) is 3. The largest absolute Gasteiger partial charge is 0.369 e. The van der Waals surface area contributed by atoms with Crippen molar-refractivity contribution in [3.05, 3.63) is 23.6 Å². The fraction of sp³-hybridized carbons (Fsp3) is 0.625. The number of carbonyl (C=O) groups excluding carboxylic acids is 1. The molecule has 5 heteroatoms. The number of anilines is 1. The molecular weight excluding hydrogens is 269 g/mol. The zero-order valence-electron chi connectivity index (χ0n) is 12.4. The topological polar surface area (TPSA) is 45.2 Å². The van der Waals surface area contributed by atoms with Crippen molar-refractivity contribution in [1.29, 1.82) is 0 Å². The van der Waals surface area contributed by atoms with E-state index in [2.05, 4.69) is 10.3 Å². The highest BCUT2D eigenvalue weighted by Gasteiger charge is 2.37. The van der Waals surface area contributed by atoms with E-state index in [0.29, 0.717) is 23.3 Å². The van der Waals surface area contributed by atoms with Gasteiger partial charge in [-0.3, -0.25) is 4.79 Å². The molecule has 2 fully saturated rings. The van der Waals surface area contributed by atoms with Gasteiger partial charge in [-0.1, -0.05) is 6.92 Å². The molecule has 0 radical (unpaired) electrons. The standard InChI is InChI=1S/C16H22FN3O/c1-2-7-18-15-14(8-12(17)9-19-15)16(21)20(13-5-6-13)10-11-3-4-11/h8-9,11,13H,2-7,10H2,1H3,(H,18,19). The zero-order valence-corrected chi connectivity index (χ0v) is 12.4. The SMILES string of the molecule is CCCNc1ncc(F)cc1C(=O)N(CC1CC1)C1CC1. The lowest BCUT2D eigenvalue weighted by Gasteiger charge is -2.23. The van der Waals surface area contributed by atoms with Crippen molar-refractivity contribution in [3.8, 4) is 0 Å². The second kappa shape index (κ2) is 6.00. The van der Waals surface area contributed by atoms with Crippen LogP contribution in [-0.2, 0) is 0 Å². The second-order valence-corrected chi connectivity index (χ2v) is 6.11. The lowest BCUT2D eigenvalue weighted by atomic mass is 10.2. The number of halogens is 1. The van der Waals surface area contributed by atoms with E-state index in [1.807, 2.05) is 11.8 Å². The average molecular weight is 291 g/mol. The quantitative estimate of drug-likeness (QED) is 0.840. The van der Waals surface area contributed by atoms with Crippen molar-refractivity contribution in [1.82, 2.24) is 9.88 Å². The van der Waals surface area contributed by atoms with E-state index in [9.17, 15) is 9.18 Å². The molecule has 2 aliphatic carbocycles. The van der Waals surface area contributed by atoms with Gasteiger partial charge in [-0.25, -0.2) is 9.37 Å². The normalized spacial score (nSPS) is 17.6. The summed E-state index contributed by atoms with van der Waals surface area (Å²) in [5.41, 5.74) is 0.371. The third-order valence-corrected chi connectivity index (χ3v) is 4.03. The van der Waals surface area contributed by atoms with Gasteiger partial charge in [-0.2, -0.15) is 0 Å². The van der Waals surface area contributed by atoms with Crippen LogP contribution >= 0.6 is 0 Å². The van der Waals surface area contributed by atoms with E-state index in [-0.39, 0.29) is 5.91 Å². The molecule has 0 saturated heterocycles. The molecule has 0 unspecified atom stereocenters. The van der Waals surface area contributed by atoms with Crippen LogP contribution in [0.25, 0.3) is 0 Å². The molecule has 0 aromatic carbocycles. The lowest BCUT2D eigenvalue weighted by Crippen LogP contribution is -2.35. The maximum atomic E-state index is 13.5. The van der Waals surface area contributed by atoms with Gasteiger partial charge in [-0.15, -0.1) is 0 Å². The Morgan fingerprint density at radius 2 is 2.19 bits per heavy atom. The predicted molar refractivity (Wildman–Crippen MR) is 79.8 cm³/mol. The minimum Gasteiger partial charge on any atom is -0.369 e. The van der Waals surface area contributed by atoms with Crippen LogP contribution in [0, 0.1) is 11.7 Å². The van der Waals surface area contributed by atoms with E-state index in [1.54, 1.807) is 0 Å². The second-order valence-electron chi connectivity index (χ2n) is 6.11. The molecule has 21 heavy (non-hydrogen) atoms. The Bertz CT molecular complexity index is 526. The molecule has 1 aromatic heterocycles. The molecule has 0 bridgehead atoms. The molecule has 114 valence electrons. The Kier molecular flexibility index (Phi) is 4.08. The monoisotopic (exact) mass is 291 g/mol. The molecule has 3 rings (SSSR count). The van der Waals surface area contributed by atoms with E-state index < -0.39 is 5.82 Å². The van der Waals surface area contributed by atoms with Gasteiger partial charge in [0.2, 0.25) is 0 Å². The van der Waals surface area contributed by atoms with Gasteiger partial charge in [0.25, 0.3) is 5.91 Å². The molecule has 0 aliphatic heterocycles. The summed E-state index contributed by atoms with van der Waals surface area (Å²) in [6, 6.07) is 1.66. The first-order valence-corrected chi connectivity index (χ1v) is 7.89. The van der Waals surface area contributed by atoms with E-state index in [4.69, 9.17) is 0 Å². The highest BCUT2D eigenvalue weighted by Crippen LogP contribution is 2.36. The van der Waals surface area contributed by atoms with Gasteiger partial charge in [0, 0.05) is 19.1 Å². The van der Waals surface area contributed by atoms with Crippen molar-refractivity contribution >= 4 is 11.7 Å². The van der Waals surface area contributed by atoms with Crippen LogP contribution in [-0.4, -0.2) is 34.9 Å². The van der Waals surface area contributed by atoms with Crippen LogP contribution < -0.4 is 5.32 Å². The Morgan fingerprint density at radius 1 is 1.43 bits per heavy atom. The maximum Gasteiger partial charge on any atom is 0.257 e. The third kappa shape index (κ3) is 3.52. The van der Waals surface area contributed by atoms with Gasteiger partial charge in [0.15, 0.2) is 0 Å². The average Bonchev–Trinajstić information content (AvgIpc) is 3.36. The molecule has 1 N–H and O–H groups in total. The van der Waals surface area contributed by atoms with Crippen LogP contribution in [0.5, 0.6) is 0 Å². The summed E-state index contributed by atoms with van der Waals surface area (Å²) < 4.78 is 13.5. The summed E-state index contributed by atoms with van der Waals surface area (Å²) in [6.07, 6.45) is 6.65. The van der Waals surface area contributed by atoms with Crippen LogP contribution in [0.1, 0.15) is 49.4 Å². The van der Waals surface area contributed by atoms with Gasteiger partial charge in [0.05, 0.1) is 11.8 Å². The molecule has 1 aromatic rings. The first-order valence-electron chi connectivity index (χ1n) is 7.89. The smallest absolute Gasteiger partial charge is 0.257 e. The number of pyridine rings is 1. The molecule has 4 nitrogen and oxygen atoms in total. The molecular formula is C16H22FN3O. The molecule has 0 spiro atoms. The number of aromatic nitrogens is 1. The molecule has 0 atom stereocenters. The zero-order chi connectivity index (χ0) is 14.8. The van der Waals surface area contributed by atoms with E-state index >= 15 is 0 Å². The minimum absolute atomic E-state index is 0.0741. The highest BCUT2D eigenvalue weighted by molar-refractivity contribution is 5.99. The highest BCUT2D eigenvalue weighted by atomic mass is 19.1. The molecule has 2 aliphatic rings. The number of hydrogen-bond donors (Lipinski definition) is 1. The van der Waals surface area contributed by atoms with Crippen molar-refractivity contribution in [2.45, 2.75) is 45.1 Å². The molecule has 1 amide bonds. The Balaban J connectivity index is 1.81. The van der Waals surface area contributed by atoms with E-state index in [1.165, 1.54) is 18.9 Å². The van der Waals surface area contributed by atoms with E-state index in [0.717, 1.165) is 38.5 Å². The summed E-state index contributed by atoms with van der Waals surface area (Å²) >= 11 is 0. The van der Waals surface area contributed by atoms with Crippen molar-refractivity contribution < 1.29 is 9.18 Å². The van der Waals surface area contributed by atoms with Crippen molar-refractivity contribution in [2.75, 3.05) is 18.4 Å². The van der Waals surface area contributed by atoms with Crippen LogP contribution in [0.4, 0.5) is 10.2 Å².